The Hall–Kier alpha value is -1.80. The highest BCUT2D eigenvalue weighted by atomic mass is 32.2. The van der Waals surface area contributed by atoms with E-state index < -0.39 is 9.84 Å². The van der Waals surface area contributed by atoms with Crippen molar-refractivity contribution in [3.63, 3.8) is 0 Å². The fourth-order valence-electron chi connectivity index (χ4n) is 4.02. The van der Waals surface area contributed by atoms with Gasteiger partial charge in [-0.3, -0.25) is 0 Å². The second-order valence-electron chi connectivity index (χ2n) is 8.69. The molecule has 0 spiro atoms. The van der Waals surface area contributed by atoms with Crippen molar-refractivity contribution < 1.29 is 27.4 Å². The van der Waals surface area contributed by atoms with Crippen molar-refractivity contribution in [1.82, 2.24) is 4.90 Å². The zero-order valence-corrected chi connectivity index (χ0v) is 19.6. The van der Waals surface area contributed by atoms with Crippen molar-refractivity contribution >= 4 is 15.9 Å². The first-order valence-electron chi connectivity index (χ1n) is 11.3. The number of nitrogens with zero attached hydrogens (tertiary/aromatic N) is 1. The van der Waals surface area contributed by atoms with Gasteiger partial charge in [-0.15, -0.1) is 0 Å². The Morgan fingerprint density at radius 1 is 1.00 bits per heavy atom. The lowest BCUT2D eigenvalue weighted by Gasteiger charge is -2.36. The molecule has 2 fully saturated rings. The fourth-order valence-corrected chi connectivity index (χ4v) is 4.65. The maximum Gasteiger partial charge on any atom is 0.410 e. The van der Waals surface area contributed by atoms with Gasteiger partial charge in [-0.1, -0.05) is 6.92 Å². The lowest BCUT2D eigenvalue weighted by molar-refractivity contribution is -0.0658. The largest absolute Gasteiger partial charge is 0.490 e. The van der Waals surface area contributed by atoms with Crippen LogP contribution < -0.4 is 4.74 Å². The molecule has 0 aromatic heterocycles. The van der Waals surface area contributed by atoms with E-state index in [0.717, 1.165) is 44.9 Å². The summed E-state index contributed by atoms with van der Waals surface area (Å²) in [5.74, 6) is 0.702. The first-order valence-corrected chi connectivity index (χ1v) is 13.2. The van der Waals surface area contributed by atoms with Crippen LogP contribution >= 0.6 is 0 Å². The first-order chi connectivity index (χ1) is 14.7. The maximum absolute atomic E-state index is 12.1. The molecule has 1 heterocycles. The van der Waals surface area contributed by atoms with Crippen LogP contribution in [0.25, 0.3) is 0 Å². The lowest BCUT2D eigenvalue weighted by Crippen LogP contribution is -2.43. The second-order valence-corrected chi connectivity index (χ2v) is 10.7. The van der Waals surface area contributed by atoms with Crippen LogP contribution in [0.5, 0.6) is 5.75 Å². The molecule has 2 aliphatic rings. The molecule has 1 amide bonds. The molecule has 3 rings (SSSR count). The molecular formula is C23H35NO6S. The fraction of sp³-hybridized carbons (Fsp3) is 0.696. The summed E-state index contributed by atoms with van der Waals surface area (Å²) in [7, 11) is -3.19. The van der Waals surface area contributed by atoms with Gasteiger partial charge in [-0.2, -0.15) is 0 Å². The van der Waals surface area contributed by atoms with Crippen molar-refractivity contribution in [3.05, 3.63) is 24.3 Å². The first kappa shape index (κ1) is 23.9. The Labute approximate surface area is 186 Å². The average molecular weight is 454 g/mol. The molecule has 1 aliphatic heterocycles. The molecule has 1 saturated heterocycles. The van der Waals surface area contributed by atoms with Gasteiger partial charge in [0.05, 0.1) is 23.2 Å². The Balaban J connectivity index is 1.37. The summed E-state index contributed by atoms with van der Waals surface area (Å²) in [5.41, 5.74) is 0. The van der Waals surface area contributed by atoms with Gasteiger partial charge in [0.1, 0.15) is 11.9 Å². The maximum atomic E-state index is 12.1. The zero-order valence-electron chi connectivity index (χ0n) is 18.8. The number of hydrogen-bond acceptors (Lipinski definition) is 6. The highest BCUT2D eigenvalue weighted by Crippen LogP contribution is 2.28. The Bertz CT molecular complexity index is 809. The number of hydrogen-bond donors (Lipinski definition) is 0. The molecule has 0 N–H and O–H groups in total. The van der Waals surface area contributed by atoms with Crippen LogP contribution in [0.1, 0.15) is 58.8 Å². The van der Waals surface area contributed by atoms with Crippen molar-refractivity contribution in [3.8, 4) is 5.75 Å². The number of benzene rings is 1. The molecule has 31 heavy (non-hydrogen) atoms. The van der Waals surface area contributed by atoms with Gasteiger partial charge in [0, 0.05) is 19.3 Å². The van der Waals surface area contributed by atoms with Crippen LogP contribution in [-0.4, -0.2) is 63.2 Å². The van der Waals surface area contributed by atoms with E-state index in [9.17, 15) is 13.2 Å². The minimum atomic E-state index is -3.19. The predicted molar refractivity (Wildman–Crippen MR) is 118 cm³/mol. The van der Waals surface area contributed by atoms with Crippen LogP contribution in [0, 0.1) is 0 Å². The van der Waals surface area contributed by atoms with Crippen LogP contribution in [0.2, 0.25) is 0 Å². The van der Waals surface area contributed by atoms with Crippen LogP contribution in [0.15, 0.2) is 29.2 Å². The van der Waals surface area contributed by atoms with Gasteiger partial charge in [0.15, 0.2) is 9.84 Å². The van der Waals surface area contributed by atoms with E-state index in [1.54, 1.807) is 29.2 Å². The minimum Gasteiger partial charge on any atom is -0.490 e. The van der Waals surface area contributed by atoms with Gasteiger partial charge in [0.2, 0.25) is 0 Å². The Morgan fingerprint density at radius 3 is 2.10 bits per heavy atom. The molecule has 8 heteroatoms. The standard InChI is InChI=1S/C23H35NO6S/c1-4-17(2)28-23(25)24-15-13-21(14-16-24)30-19-7-5-18(6-8-19)29-20-9-11-22(12-10-20)31(3,26)27/h9-12,17-19,21H,4-8,13-16H2,1-3H3/t17-,18-,19-/m1/s1. The van der Waals surface area contributed by atoms with Crippen molar-refractivity contribution in [2.45, 2.75) is 88.1 Å². The molecule has 7 nitrogen and oxygen atoms in total. The van der Waals surface area contributed by atoms with E-state index >= 15 is 0 Å². The molecule has 0 radical (unpaired) electrons. The van der Waals surface area contributed by atoms with Crippen molar-refractivity contribution in [2.24, 2.45) is 0 Å². The molecule has 0 bridgehead atoms. The number of amides is 1. The molecule has 1 aliphatic carbocycles. The van der Waals surface area contributed by atoms with Gasteiger partial charge in [-0.05, 0) is 76.1 Å². The summed E-state index contributed by atoms with van der Waals surface area (Å²) in [6.07, 6.45) is 7.73. The van der Waals surface area contributed by atoms with Crippen LogP contribution in [-0.2, 0) is 19.3 Å². The monoisotopic (exact) mass is 453 g/mol. The summed E-state index contributed by atoms with van der Waals surface area (Å²) in [4.78, 5) is 14.2. The number of ether oxygens (including phenoxy) is 3. The van der Waals surface area contributed by atoms with Crippen molar-refractivity contribution in [2.75, 3.05) is 19.3 Å². The Kier molecular flexibility index (Phi) is 8.22. The molecule has 1 atom stereocenters. The predicted octanol–water partition coefficient (Wildman–Crippen LogP) is 4.20. The number of carbonyl (C=O) groups excluding carboxylic acids is 1. The molecule has 1 saturated carbocycles. The third-order valence-corrected chi connectivity index (χ3v) is 7.27. The van der Waals surface area contributed by atoms with Gasteiger partial charge in [-0.25, -0.2) is 13.2 Å². The van der Waals surface area contributed by atoms with Gasteiger partial charge >= 0.3 is 6.09 Å². The topological polar surface area (TPSA) is 82.1 Å². The second kappa shape index (κ2) is 10.7. The summed E-state index contributed by atoms with van der Waals surface area (Å²) in [5, 5.41) is 0. The summed E-state index contributed by atoms with van der Waals surface area (Å²) in [6, 6.07) is 6.62. The quantitative estimate of drug-likeness (QED) is 0.615. The summed E-state index contributed by atoms with van der Waals surface area (Å²) in [6.45, 7) is 5.29. The smallest absolute Gasteiger partial charge is 0.410 e. The zero-order chi connectivity index (χ0) is 22.4. The van der Waals surface area contributed by atoms with E-state index in [1.807, 2.05) is 13.8 Å². The molecule has 174 valence electrons. The SMILES string of the molecule is CC[C@@H](C)OC(=O)N1CCC(O[C@H]2CC[C@H](Oc3ccc(S(C)(=O)=O)cc3)CC2)CC1. The third-order valence-electron chi connectivity index (χ3n) is 6.14. The van der Waals surface area contributed by atoms with E-state index in [4.69, 9.17) is 14.2 Å². The van der Waals surface area contributed by atoms with E-state index in [2.05, 4.69) is 0 Å². The Morgan fingerprint density at radius 2 is 1.55 bits per heavy atom. The highest BCUT2D eigenvalue weighted by Gasteiger charge is 2.29. The third kappa shape index (κ3) is 7.10. The summed E-state index contributed by atoms with van der Waals surface area (Å²) < 4.78 is 40.9. The average Bonchev–Trinajstić information content (AvgIpc) is 2.75. The molecule has 1 aromatic rings. The van der Waals surface area contributed by atoms with Crippen molar-refractivity contribution in [1.29, 1.82) is 0 Å². The highest BCUT2D eigenvalue weighted by molar-refractivity contribution is 7.90. The normalized spacial score (nSPS) is 23.9. The minimum absolute atomic E-state index is 0.0449. The van der Waals surface area contributed by atoms with Crippen LogP contribution in [0.4, 0.5) is 4.79 Å². The summed E-state index contributed by atoms with van der Waals surface area (Å²) >= 11 is 0. The van der Waals surface area contributed by atoms with E-state index in [1.165, 1.54) is 6.26 Å². The molecule has 0 unspecified atom stereocenters. The molecule has 1 aromatic carbocycles. The van der Waals surface area contributed by atoms with Gasteiger partial charge < -0.3 is 19.1 Å². The van der Waals surface area contributed by atoms with E-state index in [-0.39, 0.29) is 30.5 Å². The number of carbonyl (C=O) groups is 1. The number of piperidine rings is 1. The number of likely N-dealkylation sites (tertiary alicyclic amines) is 1. The lowest BCUT2D eigenvalue weighted by atomic mass is 9.94. The number of sulfone groups is 1. The molecular weight excluding hydrogens is 418 g/mol. The van der Waals surface area contributed by atoms with Gasteiger partial charge in [0.25, 0.3) is 0 Å². The van der Waals surface area contributed by atoms with Crippen LogP contribution in [0.3, 0.4) is 0 Å². The van der Waals surface area contributed by atoms with E-state index in [0.29, 0.717) is 23.7 Å². The number of rotatable bonds is 7.